The van der Waals surface area contributed by atoms with Gasteiger partial charge in [-0.3, -0.25) is 19.2 Å². The summed E-state index contributed by atoms with van der Waals surface area (Å²) in [7, 11) is 1.64. The SMILES string of the molecule is COC1C(OC(=O)NCCOCCOCCNC(=O)CNC(=O)[C@H](Cc2ccccc2)NNCC(=O)NCC(C)=O)CC[C@]2(CO2)C1C1(C)O[C@@H]1CC=C(C)C. The molecule has 0 aromatic heterocycles. The molecule has 17 nitrogen and oxygen atoms in total. The van der Waals surface area contributed by atoms with Gasteiger partial charge in [0.25, 0.3) is 0 Å². The molecule has 3 aliphatic rings. The van der Waals surface area contributed by atoms with Gasteiger partial charge < -0.3 is 49.7 Å². The first kappa shape index (κ1) is 44.7. The van der Waals surface area contributed by atoms with E-state index < -0.39 is 41.6 Å². The molecule has 7 atom stereocenters. The highest BCUT2D eigenvalue weighted by molar-refractivity contribution is 5.88. The van der Waals surface area contributed by atoms with Crippen LogP contribution in [0.4, 0.5) is 4.79 Å². The average Bonchev–Trinajstić information content (AvgIpc) is 4.09. The Hall–Kier alpha value is -3.97. The molecule has 1 aliphatic carbocycles. The number of amides is 4. The Morgan fingerprint density at radius 2 is 1.57 bits per heavy atom. The maximum Gasteiger partial charge on any atom is 0.407 e. The van der Waals surface area contributed by atoms with E-state index in [2.05, 4.69) is 59.0 Å². The third-order valence-electron chi connectivity index (χ3n) is 10.0. The number of benzene rings is 1. The van der Waals surface area contributed by atoms with Gasteiger partial charge in [-0.05, 0) is 58.9 Å². The number of Topliss-reactive ketones (excluding diaryl/α,β-unsaturated/α-hetero) is 1. The van der Waals surface area contributed by atoms with Crippen molar-refractivity contribution in [3.8, 4) is 0 Å². The van der Waals surface area contributed by atoms with E-state index in [1.807, 2.05) is 30.3 Å². The van der Waals surface area contributed by atoms with Crippen LogP contribution in [-0.2, 0) is 54.0 Å². The standard InChI is InChI=1S/C39H60N6O11/c1-26(2)11-12-31-38(4,56-31)35-34(51-5)30(13-14-39(35)25-54-39)55-37(50)41-16-18-53-20-19-52-17-15-40-32(47)23-43-36(49)29(21-28-9-7-6-8-10-28)45-44-24-33(48)42-22-27(3)46/h6-11,29-31,34-35,44-45H,12-25H2,1-5H3,(H,40,47)(H,41,50)(H,42,48)(H,43,49)/t29-,30?,31+,34?,35?,38?,39-/m0/s1. The predicted molar refractivity (Wildman–Crippen MR) is 204 cm³/mol. The van der Waals surface area contributed by atoms with E-state index in [1.54, 1.807) is 7.11 Å². The third kappa shape index (κ3) is 14.2. The molecule has 1 saturated carbocycles. The number of hydrazine groups is 1. The fraction of sp³-hybridized carbons (Fsp3) is 0.667. The number of nitrogens with one attached hydrogen (secondary N) is 6. The number of ketones is 1. The molecule has 4 amide bonds. The number of carbonyl (C=O) groups excluding carboxylic acids is 5. The molecule has 2 aliphatic heterocycles. The van der Waals surface area contributed by atoms with Gasteiger partial charge in [-0.15, -0.1) is 0 Å². The van der Waals surface area contributed by atoms with Crippen molar-refractivity contribution >= 4 is 29.6 Å². The van der Waals surface area contributed by atoms with Gasteiger partial charge in [0, 0.05) is 20.2 Å². The highest BCUT2D eigenvalue weighted by atomic mass is 16.6. The van der Waals surface area contributed by atoms with Gasteiger partial charge in [0.2, 0.25) is 17.7 Å². The van der Waals surface area contributed by atoms with Crippen molar-refractivity contribution in [1.82, 2.24) is 32.1 Å². The quantitative estimate of drug-likeness (QED) is 0.0344. The van der Waals surface area contributed by atoms with Crippen LogP contribution in [0.5, 0.6) is 0 Å². The molecule has 3 fully saturated rings. The van der Waals surface area contributed by atoms with Gasteiger partial charge in [-0.2, -0.15) is 0 Å². The number of allylic oxidation sites excluding steroid dienone is 1. The van der Waals surface area contributed by atoms with Crippen LogP contribution in [0.2, 0.25) is 0 Å². The van der Waals surface area contributed by atoms with Crippen molar-refractivity contribution in [2.24, 2.45) is 5.92 Å². The Kier molecular flexibility index (Phi) is 17.7. The first-order chi connectivity index (χ1) is 26.9. The Morgan fingerprint density at radius 1 is 0.893 bits per heavy atom. The minimum Gasteiger partial charge on any atom is -0.443 e. The maximum atomic E-state index is 12.9. The maximum absolute atomic E-state index is 12.9. The molecule has 1 aromatic carbocycles. The Bertz CT molecular complexity index is 1490. The number of alkyl carbamates (subject to hydrolysis) is 1. The minimum absolute atomic E-state index is 0.0532. The van der Waals surface area contributed by atoms with E-state index in [0.717, 1.165) is 18.4 Å². The lowest BCUT2D eigenvalue weighted by Gasteiger charge is -2.42. The fourth-order valence-corrected chi connectivity index (χ4v) is 7.01. The van der Waals surface area contributed by atoms with E-state index in [-0.39, 0.29) is 88.7 Å². The lowest BCUT2D eigenvalue weighted by Crippen LogP contribution is -2.56. The first-order valence-corrected chi connectivity index (χ1v) is 19.3. The van der Waals surface area contributed by atoms with Crippen LogP contribution in [0, 0.1) is 5.92 Å². The molecular weight excluding hydrogens is 728 g/mol. The molecular formula is C39H60N6O11. The summed E-state index contributed by atoms with van der Waals surface area (Å²) in [6.07, 6.45) is 3.45. The largest absolute Gasteiger partial charge is 0.443 e. The Labute approximate surface area is 329 Å². The van der Waals surface area contributed by atoms with Crippen molar-refractivity contribution in [3.05, 3.63) is 47.5 Å². The third-order valence-corrected chi connectivity index (χ3v) is 10.0. The predicted octanol–water partition coefficient (Wildman–Crippen LogP) is 0.465. The van der Waals surface area contributed by atoms with Crippen molar-refractivity contribution in [2.45, 2.75) is 88.9 Å². The zero-order chi connectivity index (χ0) is 40.6. The summed E-state index contributed by atoms with van der Waals surface area (Å²) in [5, 5.41) is 10.5. The highest BCUT2D eigenvalue weighted by Gasteiger charge is 2.72. The first-order valence-electron chi connectivity index (χ1n) is 19.3. The van der Waals surface area contributed by atoms with Gasteiger partial charge in [0.15, 0.2) is 0 Å². The Balaban J connectivity index is 1.04. The second-order valence-corrected chi connectivity index (χ2v) is 14.8. The molecule has 0 radical (unpaired) electrons. The van der Waals surface area contributed by atoms with E-state index in [0.29, 0.717) is 19.4 Å². The van der Waals surface area contributed by atoms with Crippen molar-refractivity contribution in [3.63, 3.8) is 0 Å². The van der Waals surface area contributed by atoms with Gasteiger partial charge >= 0.3 is 6.09 Å². The number of carbonyl (C=O) groups is 5. The van der Waals surface area contributed by atoms with Crippen molar-refractivity contribution in [1.29, 1.82) is 0 Å². The van der Waals surface area contributed by atoms with E-state index in [4.69, 9.17) is 28.4 Å². The second kappa shape index (κ2) is 22.1. The summed E-state index contributed by atoms with van der Waals surface area (Å²) in [6, 6.07) is 8.50. The van der Waals surface area contributed by atoms with Gasteiger partial charge in [0.05, 0.1) is 64.7 Å². The summed E-state index contributed by atoms with van der Waals surface area (Å²) in [4.78, 5) is 60.9. The zero-order valence-electron chi connectivity index (χ0n) is 33.2. The average molecular weight is 789 g/mol. The molecule has 0 bridgehead atoms. The molecule has 4 unspecified atom stereocenters. The minimum atomic E-state index is -0.787. The monoisotopic (exact) mass is 788 g/mol. The second-order valence-electron chi connectivity index (χ2n) is 14.8. The van der Waals surface area contributed by atoms with Gasteiger partial charge in [-0.25, -0.2) is 15.6 Å². The van der Waals surface area contributed by atoms with Crippen LogP contribution >= 0.6 is 0 Å². The fourth-order valence-electron chi connectivity index (χ4n) is 7.01. The molecule has 2 heterocycles. The topological polar surface area (TPSA) is 220 Å². The number of ether oxygens (including phenoxy) is 6. The van der Waals surface area contributed by atoms with Crippen molar-refractivity contribution < 1.29 is 52.4 Å². The summed E-state index contributed by atoms with van der Waals surface area (Å²) in [6.45, 7) is 9.31. The molecule has 2 saturated heterocycles. The van der Waals surface area contributed by atoms with E-state index in [1.165, 1.54) is 12.5 Å². The number of rotatable bonds is 25. The van der Waals surface area contributed by atoms with Crippen LogP contribution in [0.3, 0.4) is 0 Å². The summed E-state index contributed by atoms with van der Waals surface area (Å²) in [5.74, 6) is -1.48. The molecule has 6 N–H and O–H groups in total. The molecule has 17 heteroatoms. The van der Waals surface area contributed by atoms with E-state index >= 15 is 0 Å². The van der Waals surface area contributed by atoms with E-state index in [9.17, 15) is 24.0 Å². The van der Waals surface area contributed by atoms with Crippen molar-refractivity contribution in [2.75, 3.05) is 72.9 Å². The number of hydrogen-bond donors (Lipinski definition) is 6. The molecule has 4 rings (SSSR count). The zero-order valence-corrected chi connectivity index (χ0v) is 33.2. The van der Waals surface area contributed by atoms with Gasteiger partial charge in [-0.1, -0.05) is 42.0 Å². The smallest absolute Gasteiger partial charge is 0.407 e. The van der Waals surface area contributed by atoms with Crippen LogP contribution in [0.15, 0.2) is 42.0 Å². The van der Waals surface area contributed by atoms with Crippen LogP contribution in [-0.4, -0.2) is 138 Å². The lowest BCUT2D eigenvalue weighted by atomic mass is 9.68. The van der Waals surface area contributed by atoms with Gasteiger partial charge in [0.1, 0.15) is 35.2 Å². The lowest BCUT2D eigenvalue weighted by molar-refractivity contribution is -0.127. The molecule has 1 spiro atoms. The Morgan fingerprint density at radius 3 is 2.21 bits per heavy atom. The van der Waals surface area contributed by atoms with Crippen LogP contribution in [0.25, 0.3) is 0 Å². The van der Waals surface area contributed by atoms with Crippen LogP contribution in [0.1, 0.15) is 52.5 Å². The highest BCUT2D eigenvalue weighted by Crippen LogP contribution is 2.59. The number of epoxide rings is 2. The molecule has 56 heavy (non-hydrogen) atoms. The molecule has 312 valence electrons. The number of methoxy groups -OCH3 is 1. The van der Waals surface area contributed by atoms with Crippen LogP contribution < -0.4 is 32.1 Å². The summed E-state index contributed by atoms with van der Waals surface area (Å²) >= 11 is 0. The summed E-state index contributed by atoms with van der Waals surface area (Å²) in [5.41, 5.74) is 6.95. The normalized spacial score (nSPS) is 25.4. The summed E-state index contributed by atoms with van der Waals surface area (Å²) < 4.78 is 35.0. The number of hydrogen-bond acceptors (Lipinski definition) is 13. The molecule has 1 aromatic rings.